The van der Waals surface area contributed by atoms with E-state index in [1.165, 1.54) is 37.5 Å². The fraction of sp³-hybridized carbons (Fsp3) is 0.381. The molecule has 0 saturated heterocycles. The van der Waals surface area contributed by atoms with E-state index >= 15 is 0 Å². The number of amides is 1. The highest BCUT2D eigenvalue weighted by molar-refractivity contribution is 5.92. The van der Waals surface area contributed by atoms with Crippen LogP contribution in [0.25, 0.3) is 0 Å². The van der Waals surface area contributed by atoms with Gasteiger partial charge in [0.15, 0.2) is 0 Å². The molecule has 0 fully saturated rings. The van der Waals surface area contributed by atoms with E-state index in [2.05, 4.69) is 26.7 Å². The highest BCUT2D eigenvalue weighted by Gasteiger charge is 2.10. The minimum atomic E-state index is -0.257. The smallest absolute Gasteiger partial charge is 0.271 e. The first-order valence-corrected chi connectivity index (χ1v) is 9.40. The first kappa shape index (κ1) is 18.9. The Kier molecular flexibility index (Phi) is 6.79. The van der Waals surface area contributed by atoms with E-state index < -0.39 is 0 Å². The number of nitrogens with one attached hydrogen (secondary N) is 2. The molecule has 27 heavy (non-hydrogen) atoms. The minimum absolute atomic E-state index is 0.257. The second-order valence-electron chi connectivity index (χ2n) is 6.57. The monoisotopic (exact) mass is 366 g/mol. The van der Waals surface area contributed by atoms with Gasteiger partial charge in [0.25, 0.3) is 5.91 Å². The van der Waals surface area contributed by atoms with Crippen LogP contribution in [-0.4, -0.2) is 29.5 Å². The molecule has 0 radical (unpaired) electrons. The number of para-hydroxylation sites is 1. The maximum atomic E-state index is 12.3. The molecule has 1 amide bonds. The number of rotatable bonds is 8. The number of carbonyl (C=O) groups excluding carboxylic acids is 1. The molecule has 1 aliphatic carbocycles. The van der Waals surface area contributed by atoms with E-state index in [1.54, 1.807) is 13.3 Å². The molecule has 2 aromatic rings. The Hall–Kier alpha value is -2.89. The molecule has 0 aliphatic heterocycles. The molecule has 6 nitrogen and oxygen atoms in total. The Balaban J connectivity index is 1.47. The molecular weight excluding hydrogens is 340 g/mol. The van der Waals surface area contributed by atoms with Crippen LogP contribution in [0.4, 0.5) is 5.82 Å². The summed E-state index contributed by atoms with van der Waals surface area (Å²) in [6.07, 6.45) is 11.5. The Morgan fingerprint density at radius 3 is 2.81 bits per heavy atom. The summed E-state index contributed by atoms with van der Waals surface area (Å²) >= 11 is 0. The summed E-state index contributed by atoms with van der Waals surface area (Å²) in [7, 11) is 1.61. The van der Waals surface area contributed by atoms with Crippen LogP contribution >= 0.6 is 0 Å². The fourth-order valence-corrected chi connectivity index (χ4v) is 3.13. The largest absolute Gasteiger partial charge is 0.496 e. The van der Waals surface area contributed by atoms with Crippen molar-refractivity contribution in [2.45, 2.75) is 38.6 Å². The van der Waals surface area contributed by atoms with E-state index in [9.17, 15) is 4.79 Å². The third kappa shape index (κ3) is 5.54. The third-order valence-electron chi connectivity index (χ3n) is 4.65. The molecule has 1 heterocycles. The highest BCUT2D eigenvalue weighted by Crippen LogP contribution is 2.20. The van der Waals surface area contributed by atoms with Gasteiger partial charge in [-0.15, -0.1) is 0 Å². The van der Waals surface area contributed by atoms with Crippen molar-refractivity contribution < 1.29 is 9.53 Å². The quantitative estimate of drug-likeness (QED) is 0.697. The second kappa shape index (κ2) is 9.71. The summed E-state index contributed by atoms with van der Waals surface area (Å²) in [5, 5.41) is 6.11. The van der Waals surface area contributed by atoms with E-state index in [4.69, 9.17) is 4.74 Å². The SMILES string of the molecule is COc1ccccc1CNC(=O)c1cnc(NCCC2=CCCCC2)cn1. The molecular formula is C21H26N4O2. The van der Waals surface area contributed by atoms with Crippen LogP contribution in [-0.2, 0) is 6.54 Å². The van der Waals surface area contributed by atoms with Crippen LogP contribution in [0.1, 0.15) is 48.2 Å². The van der Waals surface area contributed by atoms with Crippen LogP contribution in [0.5, 0.6) is 5.75 Å². The van der Waals surface area contributed by atoms with Crippen molar-refractivity contribution in [3.8, 4) is 5.75 Å². The van der Waals surface area contributed by atoms with Gasteiger partial charge in [0.2, 0.25) is 0 Å². The Morgan fingerprint density at radius 2 is 2.07 bits per heavy atom. The van der Waals surface area contributed by atoms with Crippen molar-refractivity contribution in [3.63, 3.8) is 0 Å². The molecule has 1 aromatic carbocycles. The van der Waals surface area contributed by atoms with Crippen LogP contribution in [0.15, 0.2) is 48.3 Å². The van der Waals surface area contributed by atoms with E-state index in [-0.39, 0.29) is 5.91 Å². The number of anilines is 1. The first-order valence-electron chi connectivity index (χ1n) is 9.40. The number of methoxy groups -OCH3 is 1. The average molecular weight is 366 g/mol. The number of benzene rings is 1. The van der Waals surface area contributed by atoms with Gasteiger partial charge in [-0.25, -0.2) is 9.97 Å². The molecule has 2 N–H and O–H groups in total. The van der Waals surface area contributed by atoms with Crippen LogP contribution < -0.4 is 15.4 Å². The number of nitrogens with zero attached hydrogens (tertiary/aromatic N) is 2. The van der Waals surface area contributed by atoms with Crippen molar-refractivity contribution in [1.29, 1.82) is 0 Å². The average Bonchev–Trinajstić information content (AvgIpc) is 2.73. The number of ether oxygens (including phenoxy) is 1. The van der Waals surface area contributed by atoms with Crippen molar-refractivity contribution in [3.05, 3.63) is 59.6 Å². The Morgan fingerprint density at radius 1 is 1.19 bits per heavy atom. The van der Waals surface area contributed by atoms with Crippen LogP contribution in [0.2, 0.25) is 0 Å². The molecule has 142 valence electrons. The maximum absolute atomic E-state index is 12.3. The van der Waals surface area contributed by atoms with Crippen molar-refractivity contribution in [1.82, 2.24) is 15.3 Å². The molecule has 0 bridgehead atoms. The summed E-state index contributed by atoms with van der Waals surface area (Å²) in [6, 6.07) is 7.59. The normalized spacial score (nSPS) is 13.6. The first-order chi connectivity index (χ1) is 13.3. The predicted molar refractivity (Wildman–Crippen MR) is 106 cm³/mol. The van der Waals surface area contributed by atoms with Gasteiger partial charge >= 0.3 is 0 Å². The van der Waals surface area contributed by atoms with Gasteiger partial charge in [-0.2, -0.15) is 0 Å². The molecule has 1 aliphatic rings. The lowest BCUT2D eigenvalue weighted by Gasteiger charge is -2.13. The van der Waals surface area contributed by atoms with Gasteiger partial charge in [-0.05, 0) is 38.2 Å². The number of allylic oxidation sites excluding steroid dienone is 1. The number of hydrogen-bond donors (Lipinski definition) is 2. The summed E-state index contributed by atoms with van der Waals surface area (Å²) < 4.78 is 5.29. The van der Waals surface area contributed by atoms with Gasteiger partial charge < -0.3 is 15.4 Å². The topological polar surface area (TPSA) is 76.1 Å². The molecule has 1 aromatic heterocycles. The zero-order valence-corrected chi connectivity index (χ0v) is 15.7. The minimum Gasteiger partial charge on any atom is -0.496 e. The van der Waals surface area contributed by atoms with Crippen LogP contribution in [0, 0.1) is 0 Å². The van der Waals surface area contributed by atoms with Gasteiger partial charge in [-0.3, -0.25) is 4.79 Å². The molecule has 6 heteroatoms. The summed E-state index contributed by atoms with van der Waals surface area (Å²) in [6.45, 7) is 1.21. The van der Waals surface area contributed by atoms with Crippen molar-refractivity contribution in [2.24, 2.45) is 0 Å². The lowest BCUT2D eigenvalue weighted by atomic mass is 9.97. The number of aromatic nitrogens is 2. The number of hydrogen-bond acceptors (Lipinski definition) is 5. The Bertz CT molecular complexity index is 787. The van der Waals surface area contributed by atoms with Crippen LogP contribution in [0.3, 0.4) is 0 Å². The van der Waals surface area contributed by atoms with Crippen molar-refractivity contribution >= 4 is 11.7 Å². The molecule has 3 rings (SSSR count). The summed E-state index contributed by atoms with van der Waals surface area (Å²) in [5.41, 5.74) is 2.73. The highest BCUT2D eigenvalue weighted by atomic mass is 16.5. The van der Waals surface area contributed by atoms with E-state index in [0.717, 1.165) is 24.3 Å². The van der Waals surface area contributed by atoms with Gasteiger partial charge in [0.05, 0.1) is 19.5 Å². The van der Waals surface area contributed by atoms with Gasteiger partial charge in [0.1, 0.15) is 17.3 Å². The summed E-state index contributed by atoms with van der Waals surface area (Å²) in [5.74, 6) is 1.18. The third-order valence-corrected chi connectivity index (χ3v) is 4.65. The fourth-order valence-electron chi connectivity index (χ4n) is 3.13. The van der Waals surface area contributed by atoms with E-state index in [0.29, 0.717) is 18.1 Å². The molecule has 0 unspecified atom stereocenters. The zero-order chi connectivity index (χ0) is 18.9. The summed E-state index contributed by atoms with van der Waals surface area (Å²) in [4.78, 5) is 20.8. The molecule has 0 atom stereocenters. The van der Waals surface area contributed by atoms with E-state index in [1.807, 2.05) is 24.3 Å². The second-order valence-corrected chi connectivity index (χ2v) is 6.57. The van der Waals surface area contributed by atoms with Gasteiger partial charge in [0, 0.05) is 18.7 Å². The maximum Gasteiger partial charge on any atom is 0.271 e. The van der Waals surface area contributed by atoms with Crippen molar-refractivity contribution in [2.75, 3.05) is 19.0 Å². The number of carbonyl (C=O) groups is 1. The lowest BCUT2D eigenvalue weighted by molar-refractivity contribution is 0.0945. The Labute approximate surface area is 160 Å². The lowest BCUT2D eigenvalue weighted by Crippen LogP contribution is -2.24. The standard InChI is InChI=1S/C21H26N4O2/c1-27-19-10-6-5-9-17(19)13-25-21(26)18-14-24-20(15-23-18)22-12-11-16-7-3-2-4-8-16/h5-7,9-10,14-15H,2-4,8,11-13H2,1H3,(H,22,24)(H,25,26). The molecule has 0 spiro atoms. The van der Waals surface area contributed by atoms with Gasteiger partial charge in [-0.1, -0.05) is 29.8 Å². The zero-order valence-electron chi connectivity index (χ0n) is 15.7. The predicted octanol–water partition coefficient (Wildman–Crippen LogP) is 3.72. The molecule has 0 saturated carbocycles.